The minimum absolute atomic E-state index is 0.677. The lowest BCUT2D eigenvalue weighted by Crippen LogP contribution is -2.02. The summed E-state index contributed by atoms with van der Waals surface area (Å²) in [6.45, 7) is 0. The van der Waals surface area contributed by atoms with Crippen molar-refractivity contribution in [2.24, 2.45) is 0 Å². The fraction of sp³-hybridized carbons (Fsp3) is 0. The molecule has 0 saturated carbocycles. The SMILES string of the molecule is c1ccc(-c2ccc(-c3nc(-n4c5ccccc5c5c6c7c8ccccc8ccc7n7c8ccccc8c(cc54)c67)nc4c3sc3ccccc34)cc2)cc1. The number of hydrogen-bond acceptors (Lipinski definition) is 3. The molecule has 5 heteroatoms. The molecule has 5 heterocycles. The van der Waals surface area contributed by atoms with Crippen molar-refractivity contribution in [3.05, 3.63) is 170 Å². The number of para-hydroxylation sites is 2. The van der Waals surface area contributed by atoms with Crippen LogP contribution in [0.15, 0.2) is 170 Å². The van der Waals surface area contributed by atoms with Crippen molar-refractivity contribution in [3.8, 4) is 28.3 Å². The van der Waals surface area contributed by atoms with E-state index in [-0.39, 0.29) is 0 Å². The highest BCUT2D eigenvalue weighted by Gasteiger charge is 2.26. The third-order valence-electron chi connectivity index (χ3n) is 11.7. The van der Waals surface area contributed by atoms with Crippen LogP contribution in [-0.4, -0.2) is 18.9 Å². The van der Waals surface area contributed by atoms with E-state index in [1.165, 1.54) is 75.5 Å². The molecule has 4 nitrogen and oxygen atoms in total. The van der Waals surface area contributed by atoms with E-state index in [4.69, 9.17) is 9.97 Å². The molecule has 0 N–H and O–H groups in total. The van der Waals surface area contributed by atoms with Crippen LogP contribution in [0.3, 0.4) is 0 Å². The highest BCUT2D eigenvalue weighted by Crippen LogP contribution is 2.48. The lowest BCUT2D eigenvalue weighted by atomic mass is 9.98. The van der Waals surface area contributed by atoms with Crippen molar-refractivity contribution in [1.29, 1.82) is 0 Å². The van der Waals surface area contributed by atoms with Gasteiger partial charge in [0.05, 0.1) is 43.5 Å². The Balaban J connectivity index is 1.20. The van der Waals surface area contributed by atoms with Crippen LogP contribution in [0, 0.1) is 0 Å². The molecule has 0 unspecified atom stereocenters. The monoisotopic (exact) mass is 716 g/mol. The molecule has 0 atom stereocenters. The van der Waals surface area contributed by atoms with Gasteiger partial charge in [0.2, 0.25) is 5.95 Å². The number of fused-ring (bicyclic) bond motifs is 15. The van der Waals surface area contributed by atoms with Gasteiger partial charge in [0, 0.05) is 48.0 Å². The van der Waals surface area contributed by atoms with Gasteiger partial charge in [-0.25, -0.2) is 9.97 Å². The first-order chi connectivity index (χ1) is 27.3. The number of benzene rings is 8. The molecule has 254 valence electrons. The van der Waals surface area contributed by atoms with Crippen LogP contribution < -0.4 is 0 Å². The van der Waals surface area contributed by atoms with Gasteiger partial charge in [0.15, 0.2) is 0 Å². The van der Waals surface area contributed by atoms with Gasteiger partial charge in [0.1, 0.15) is 0 Å². The molecule has 0 amide bonds. The van der Waals surface area contributed by atoms with E-state index in [0.717, 1.165) is 37.9 Å². The van der Waals surface area contributed by atoms with Crippen LogP contribution in [0.25, 0.3) is 119 Å². The highest BCUT2D eigenvalue weighted by molar-refractivity contribution is 7.26. The maximum absolute atomic E-state index is 5.56. The second-order valence-corrected chi connectivity index (χ2v) is 15.6. The predicted octanol–water partition coefficient (Wildman–Crippen LogP) is 13.6. The maximum atomic E-state index is 5.56. The van der Waals surface area contributed by atoms with Crippen molar-refractivity contribution in [2.45, 2.75) is 0 Å². The number of rotatable bonds is 3. The van der Waals surface area contributed by atoms with Gasteiger partial charge in [-0.15, -0.1) is 11.3 Å². The number of hydrogen-bond donors (Lipinski definition) is 0. The molecule has 0 radical (unpaired) electrons. The molecule has 0 aliphatic carbocycles. The van der Waals surface area contributed by atoms with Gasteiger partial charge in [-0.1, -0.05) is 140 Å². The van der Waals surface area contributed by atoms with Crippen LogP contribution in [0.1, 0.15) is 0 Å². The first-order valence-corrected chi connectivity index (χ1v) is 19.5. The molecule has 5 aromatic heterocycles. The fourth-order valence-electron chi connectivity index (χ4n) is 9.32. The Morgan fingerprint density at radius 2 is 1.07 bits per heavy atom. The summed E-state index contributed by atoms with van der Waals surface area (Å²) >= 11 is 1.77. The number of aromatic nitrogens is 4. The molecular weight excluding hydrogens is 689 g/mol. The molecule has 0 fully saturated rings. The van der Waals surface area contributed by atoms with Gasteiger partial charge < -0.3 is 4.40 Å². The summed E-state index contributed by atoms with van der Waals surface area (Å²) in [4.78, 5) is 11.1. The zero-order valence-electron chi connectivity index (χ0n) is 29.4. The van der Waals surface area contributed by atoms with Gasteiger partial charge in [-0.2, -0.15) is 0 Å². The molecule has 55 heavy (non-hydrogen) atoms. The summed E-state index contributed by atoms with van der Waals surface area (Å²) in [6.07, 6.45) is 0. The summed E-state index contributed by atoms with van der Waals surface area (Å²) in [5, 5.41) is 11.1. The van der Waals surface area contributed by atoms with E-state index in [1.807, 2.05) is 0 Å². The smallest absolute Gasteiger partial charge is 0.235 e. The fourth-order valence-corrected chi connectivity index (χ4v) is 10.5. The Morgan fingerprint density at radius 3 is 1.93 bits per heavy atom. The predicted molar refractivity (Wildman–Crippen MR) is 232 cm³/mol. The van der Waals surface area contributed by atoms with E-state index in [0.29, 0.717) is 5.95 Å². The average molecular weight is 717 g/mol. The van der Waals surface area contributed by atoms with Crippen LogP contribution in [0.5, 0.6) is 0 Å². The summed E-state index contributed by atoms with van der Waals surface area (Å²) < 4.78 is 7.12. The van der Waals surface area contributed by atoms with E-state index >= 15 is 0 Å². The number of thiophene rings is 1. The third kappa shape index (κ3) is 3.89. The molecule has 0 spiro atoms. The second-order valence-electron chi connectivity index (χ2n) is 14.5. The third-order valence-corrected chi connectivity index (χ3v) is 12.8. The second kappa shape index (κ2) is 10.8. The van der Waals surface area contributed by atoms with E-state index < -0.39 is 0 Å². The van der Waals surface area contributed by atoms with Crippen LogP contribution >= 0.6 is 11.3 Å². The van der Waals surface area contributed by atoms with Gasteiger partial charge in [0.25, 0.3) is 0 Å². The number of nitrogens with zero attached hydrogens (tertiary/aromatic N) is 4. The summed E-state index contributed by atoms with van der Waals surface area (Å²) in [5.74, 6) is 0.677. The summed E-state index contributed by atoms with van der Waals surface area (Å²) in [6, 6.07) is 61.4. The van der Waals surface area contributed by atoms with Crippen LogP contribution in [0.2, 0.25) is 0 Å². The normalized spacial score (nSPS) is 12.4. The lowest BCUT2D eigenvalue weighted by Gasteiger charge is -2.11. The first-order valence-electron chi connectivity index (χ1n) is 18.7. The van der Waals surface area contributed by atoms with Crippen LogP contribution in [-0.2, 0) is 0 Å². The molecule has 0 bridgehead atoms. The Labute approximate surface area is 318 Å². The standard InChI is InChI=1S/C50H28N4S/c1-2-12-29(13-3-1)30-22-24-32(25-23-30)46-49-47(36-18-8-11-21-42(36)55-49)52-50(51-46)54-39-20-10-7-17-35(39)44-41(54)28-37-34-16-6-9-19-38(34)53-40-27-26-31-14-4-5-15-33(31)43(40)45(44)48(37)53/h1-28H. The Hall–Kier alpha value is -7.08. The molecule has 0 saturated heterocycles. The van der Waals surface area contributed by atoms with Crippen molar-refractivity contribution in [2.75, 3.05) is 0 Å². The van der Waals surface area contributed by atoms with Crippen molar-refractivity contribution >= 4 is 102 Å². The highest BCUT2D eigenvalue weighted by atomic mass is 32.1. The zero-order chi connectivity index (χ0) is 35.8. The van der Waals surface area contributed by atoms with Crippen molar-refractivity contribution in [3.63, 3.8) is 0 Å². The van der Waals surface area contributed by atoms with Gasteiger partial charge in [-0.05, 0) is 52.2 Å². The van der Waals surface area contributed by atoms with Crippen molar-refractivity contribution < 1.29 is 0 Å². The molecule has 13 aromatic rings. The Morgan fingerprint density at radius 1 is 0.418 bits per heavy atom. The summed E-state index contributed by atoms with van der Waals surface area (Å²) in [7, 11) is 0. The maximum Gasteiger partial charge on any atom is 0.235 e. The average Bonchev–Trinajstić information content (AvgIpc) is 3.99. The molecule has 13 rings (SSSR count). The topological polar surface area (TPSA) is 35.1 Å². The Kier molecular flexibility index (Phi) is 5.74. The molecule has 0 aliphatic heterocycles. The van der Waals surface area contributed by atoms with Crippen molar-refractivity contribution in [1.82, 2.24) is 18.9 Å². The molecule has 8 aromatic carbocycles. The van der Waals surface area contributed by atoms with E-state index in [9.17, 15) is 0 Å². The summed E-state index contributed by atoms with van der Waals surface area (Å²) in [5.41, 5.74) is 11.3. The van der Waals surface area contributed by atoms with E-state index in [1.54, 1.807) is 11.3 Å². The minimum atomic E-state index is 0.677. The van der Waals surface area contributed by atoms with Gasteiger partial charge >= 0.3 is 0 Å². The largest absolute Gasteiger partial charge is 0.308 e. The van der Waals surface area contributed by atoms with E-state index in [2.05, 4.69) is 179 Å². The quantitative estimate of drug-likeness (QED) is 0.182. The molecular formula is C50H28N4S. The molecule has 0 aliphatic rings. The van der Waals surface area contributed by atoms with Gasteiger partial charge in [-0.3, -0.25) is 4.57 Å². The zero-order valence-corrected chi connectivity index (χ0v) is 30.2. The Bertz CT molecular complexity index is 3700. The van der Waals surface area contributed by atoms with Crippen LogP contribution in [0.4, 0.5) is 0 Å². The lowest BCUT2D eigenvalue weighted by molar-refractivity contribution is 1.02. The minimum Gasteiger partial charge on any atom is -0.308 e. The first kappa shape index (κ1) is 29.4.